The summed E-state index contributed by atoms with van der Waals surface area (Å²) in [7, 11) is 1.57. The Bertz CT molecular complexity index is 783. The van der Waals surface area contributed by atoms with E-state index in [2.05, 4.69) is 21.2 Å². The van der Waals surface area contributed by atoms with Gasteiger partial charge in [-0.1, -0.05) is 15.9 Å². The zero-order valence-corrected chi connectivity index (χ0v) is 13.2. The summed E-state index contributed by atoms with van der Waals surface area (Å²) in [6.45, 7) is 1.60. The molecule has 0 spiro atoms. The number of halogens is 1. The van der Waals surface area contributed by atoms with Crippen LogP contribution in [0.4, 0.5) is 0 Å². The lowest BCUT2D eigenvalue weighted by atomic mass is 10.1. The Labute approximate surface area is 130 Å². The van der Waals surface area contributed by atoms with E-state index in [0.29, 0.717) is 18.5 Å². The molecule has 0 unspecified atom stereocenters. The van der Waals surface area contributed by atoms with Crippen molar-refractivity contribution in [3.8, 4) is 0 Å². The van der Waals surface area contributed by atoms with Gasteiger partial charge in [-0.05, 0) is 24.1 Å². The van der Waals surface area contributed by atoms with Crippen molar-refractivity contribution in [2.75, 3.05) is 20.3 Å². The molecule has 0 aliphatic carbocycles. The van der Waals surface area contributed by atoms with E-state index in [4.69, 9.17) is 4.74 Å². The number of carbonyl (C=O) groups excluding carboxylic acids is 1. The van der Waals surface area contributed by atoms with E-state index in [0.717, 1.165) is 28.5 Å². The molecule has 0 atom stereocenters. The Morgan fingerprint density at radius 3 is 3.05 bits per heavy atom. The number of amides is 1. The molecule has 6 heteroatoms. The Hall–Kier alpha value is -1.66. The van der Waals surface area contributed by atoms with Crippen molar-refractivity contribution in [2.24, 2.45) is 0 Å². The molecule has 1 aromatic heterocycles. The van der Waals surface area contributed by atoms with E-state index in [-0.39, 0.29) is 16.9 Å². The number of aromatic nitrogens is 1. The van der Waals surface area contributed by atoms with Crippen LogP contribution in [0, 0.1) is 0 Å². The van der Waals surface area contributed by atoms with Crippen LogP contribution in [0.3, 0.4) is 0 Å². The topological polar surface area (TPSA) is 60.3 Å². The lowest BCUT2D eigenvalue weighted by Gasteiger charge is -2.09. The van der Waals surface area contributed by atoms with Crippen LogP contribution >= 0.6 is 15.9 Å². The molecule has 2 aromatic rings. The smallest absolute Gasteiger partial charge is 0.256 e. The Balaban J connectivity index is 2.09. The quantitative estimate of drug-likeness (QED) is 0.853. The van der Waals surface area contributed by atoms with Crippen LogP contribution in [0.2, 0.25) is 0 Å². The summed E-state index contributed by atoms with van der Waals surface area (Å²) >= 11 is 3.43. The fourth-order valence-corrected chi connectivity index (χ4v) is 3.23. The van der Waals surface area contributed by atoms with Gasteiger partial charge in [0.2, 0.25) is 5.43 Å². The number of nitrogens with zero attached hydrogens (tertiary/aromatic N) is 1. The molecule has 1 aromatic carbocycles. The van der Waals surface area contributed by atoms with Crippen LogP contribution < -0.4 is 10.7 Å². The zero-order chi connectivity index (χ0) is 15.0. The minimum atomic E-state index is -0.351. The Morgan fingerprint density at radius 1 is 1.48 bits per heavy atom. The van der Waals surface area contributed by atoms with Gasteiger partial charge < -0.3 is 14.6 Å². The minimum absolute atomic E-state index is 0.185. The molecule has 0 saturated heterocycles. The third kappa shape index (κ3) is 2.49. The third-order valence-corrected chi connectivity index (χ3v) is 4.13. The molecule has 0 radical (unpaired) electrons. The average Bonchev–Trinajstić information content (AvgIpc) is 2.86. The zero-order valence-electron chi connectivity index (χ0n) is 11.6. The number of ether oxygens (including phenoxy) is 1. The largest absolute Gasteiger partial charge is 0.383 e. The lowest BCUT2D eigenvalue weighted by Crippen LogP contribution is -2.31. The second-order valence-electron chi connectivity index (χ2n) is 5.03. The van der Waals surface area contributed by atoms with Crippen molar-refractivity contribution in [2.45, 2.75) is 13.0 Å². The van der Waals surface area contributed by atoms with Gasteiger partial charge in [0.15, 0.2) is 0 Å². The van der Waals surface area contributed by atoms with Gasteiger partial charge in [-0.2, -0.15) is 0 Å². The van der Waals surface area contributed by atoms with Gasteiger partial charge >= 0.3 is 0 Å². The fourth-order valence-electron chi connectivity index (χ4n) is 2.72. The number of aryl methyl sites for hydroxylation is 2. The van der Waals surface area contributed by atoms with Crippen LogP contribution in [0.25, 0.3) is 10.9 Å². The molecular weight excluding hydrogens is 336 g/mol. The van der Waals surface area contributed by atoms with Crippen molar-refractivity contribution < 1.29 is 9.53 Å². The highest BCUT2D eigenvalue weighted by Gasteiger charge is 2.21. The number of methoxy groups -OCH3 is 1. The van der Waals surface area contributed by atoms with Crippen molar-refractivity contribution in [3.05, 3.63) is 44.2 Å². The molecule has 5 nitrogen and oxygen atoms in total. The number of rotatable bonds is 4. The summed E-state index contributed by atoms with van der Waals surface area (Å²) in [6, 6.07) is 3.82. The predicted octanol–water partition coefficient (Wildman–Crippen LogP) is 1.70. The number of benzene rings is 1. The first-order valence-electron chi connectivity index (χ1n) is 6.74. The van der Waals surface area contributed by atoms with Gasteiger partial charge in [0, 0.05) is 36.3 Å². The van der Waals surface area contributed by atoms with Crippen LogP contribution in [-0.4, -0.2) is 30.7 Å². The summed E-state index contributed by atoms with van der Waals surface area (Å²) in [5.41, 5.74) is 2.05. The van der Waals surface area contributed by atoms with Crippen LogP contribution in [-0.2, 0) is 17.7 Å². The van der Waals surface area contributed by atoms with Crippen molar-refractivity contribution in [3.63, 3.8) is 0 Å². The summed E-state index contributed by atoms with van der Waals surface area (Å²) in [4.78, 5) is 24.7. The van der Waals surface area contributed by atoms with Crippen molar-refractivity contribution in [1.82, 2.24) is 9.88 Å². The molecule has 1 amide bonds. The first kappa shape index (κ1) is 14.3. The highest BCUT2D eigenvalue weighted by molar-refractivity contribution is 9.10. The standard InChI is InChI=1S/C15H15BrN2O3/c1-21-5-3-17-15(20)12-8-18-4-2-9-6-10(16)7-11(13(9)18)14(12)19/h6-8H,2-5H2,1H3,(H,17,20). The van der Waals surface area contributed by atoms with E-state index in [1.54, 1.807) is 19.4 Å². The van der Waals surface area contributed by atoms with E-state index >= 15 is 0 Å². The Kier molecular flexibility index (Phi) is 3.82. The molecule has 1 N–H and O–H groups in total. The molecule has 3 rings (SSSR count). The molecule has 110 valence electrons. The molecule has 0 saturated carbocycles. The van der Waals surface area contributed by atoms with Crippen LogP contribution in [0.1, 0.15) is 15.9 Å². The fraction of sp³-hybridized carbons (Fsp3) is 0.333. The van der Waals surface area contributed by atoms with Crippen molar-refractivity contribution >= 4 is 32.7 Å². The maximum absolute atomic E-state index is 12.6. The highest BCUT2D eigenvalue weighted by Crippen LogP contribution is 2.27. The number of pyridine rings is 1. The average molecular weight is 351 g/mol. The highest BCUT2D eigenvalue weighted by atomic mass is 79.9. The van der Waals surface area contributed by atoms with E-state index in [9.17, 15) is 9.59 Å². The van der Waals surface area contributed by atoms with Gasteiger partial charge in [-0.15, -0.1) is 0 Å². The first-order valence-corrected chi connectivity index (χ1v) is 7.54. The molecule has 0 fully saturated rings. The normalized spacial score (nSPS) is 12.9. The molecule has 2 heterocycles. The monoisotopic (exact) mass is 350 g/mol. The molecular formula is C15H15BrN2O3. The molecule has 0 bridgehead atoms. The number of carbonyl (C=O) groups is 1. The van der Waals surface area contributed by atoms with Gasteiger partial charge in [0.05, 0.1) is 12.1 Å². The number of nitrogens with one attached hydrogen (secondary N) is 1. The van der Waals surface area contributed by atoms with Crippen LogP contribution in [0.15, 0.2) is 27.6 Å². The SMILES string of the molecule is COCCNC(=O)c1cn2c3c(cc(Br)cc3c1=O)CC2. The second-order valence-corrected chi connectivity index (χ2v) is 5.94. The summed E-state index contributed by atoms with van der Waals surface area (Å²) < 4.78 is 7.75. The van der Waals surface area contributed by atoms with E-state index in [1.165, 1.54) is 0 Å². The maximum Gasteiger partial charge on any atom is 0.256 e. The summed E-state index contributed by atoms with van der Waals surface area (Å²) in [5.74, 6) is -0.351. The first-order chi connectivity index (χ1) is 10.1. The maximum atomic E-state index is 12.6. The van der Waals surface area contributed by atoms with Gasteiger partial charge in [0.25, 0.3) is 5.91 Å². The number of hydrogen-bond acceptors (Lipinski definition) is 3. The van der Waals surface area contributed by atoms with Gasteiger partial charge in [-0.3, -0.25) is 9.59 Å². The molecule has 1 aliphatic heterocycles. The summed E-state index contributed by atoms with van der Waals surface area (Å²) in [6.07, 6.45) is 2.54. The second kappa shape index (κ2) is 5.61. The third-order valence-electron chi connectivity index (χ3n) is 3.67. The van der Waals surface area contributed by atoms with Gasteiger partial charge in [-0.25, -0.2) is 0 Å². The van der Waals surface area contributed by atoms with E-state index < -0.39 is 0 Å². The van der Waals surface area contributed by atoms with E-state index in [1.807, 2.05) is 10.6 Å². The summed E-state index contributed by atoms with van der Waals surface area (Å²) in [5, 5.41) is 3.29. The number of hydrogen-bond donors (Lipinski definition) is 1. The Morgan fingerprint density at radius 2 is 2.29 bits per heavy atom. The van der Waals surface area contributed by atoms with Gasteiger partial charge in [0.1, 0.15) is 5.56 Å². The molecule has 21 heavy (non-hydrogen) atoms. The van der Waals surface area contributed by atoms with Crippen molar-refractivity contribution in [1.29, 1.82) is 0 Å². The lowest BCUT2D eigenvalue weighted by molar-refractivity contribution is 0.0935. The van der Waals surface area contributed by atoms with Crippen LogP contribution in [0.5, 0.6) is 0 Å². The predicted molar refractivity (Wildman–Crippen MR) is 83.8 cm³/mol. The molecule has 1 aliphatic rings. The minimum Gasteiger partial charge on any atom is -0.383 e.